The largest absolute Gasteiger partial charge is 0.349 e. The number of halogens is 2. The molecule has 0 radical (unpaired) electrons. The number of carbonyl (C=O) groups excluding carboxylic acids is 1. The minimum atomic E-state index is -0.472. The molecule has 1 N–H and O–H groups in total. The molecule has 0 atom stereocenters. The molecule has 0 unspecified atom stereocenters. The van der Waals surface area contributed by atoms with Crippen LogP contribution in [0.1, 0.15) is 28.8 Å². The Morgan fingerprint density at radius 3 is 2.73 bits per heavy atom. The minimum absolute atomic E-state index is 0.157. The normalized spacial score (nSPS) is 15.1. The lowest BCUT2D eigenvalue weighted by Gasteiger charge is -2.08. The van der Waals surface area contributed by atoms with E-state index < -0.39 is 5.82 Å². The van der Waals surface area contributed by atoms with Crippen LogP contribution in [0.2, 0.25) is 0 Å². The number of carbonyl (C=O) groups is 1. The van der Waals surface area contributed by atoms with Crippen molar-refractivity contribution in [1.82, 2.24) is 5.32 Å². The molecule has 80 valence electrons. The third-order valence-corrected chi connectivity index (χ3v) is 2.85. The van der Waals surface area contributed by atoms with Crippen LogP contribution in [0.15, 0.2) is 16.6 Å². The molecule has 0 aromatic heterocycles. The zero-order valence-corrected chi connectivity index (χ0v) is 9.90. The van der Waals surface area contributed by atoms with Gasteiger partial charge in [0.1, 0.15) is 5.82 Å². The Balaban J connectivity index is 2.29. The topological polar surface area (TPSA) is 29.1 Å². The van der Waals surface area contributed by atoms with Gasteiger partial charge in [-0.25, -0.2) is 4.39 Å². The van der Waals surface area contributed by atoms with Crippen LogP contribution in [0.5, 0.6) is 0 Å². The van der Waals surface area contributed by atoms with Crippen molar-refractivity contribution in [1.29, 1.82) is 0 Å². The summed E-state index contributed by atoms with van der Waals surface area (Å²) in [5, 5.41) is 2.78. The van der Waals surface area contributed by atoms with Crippen LogP contribution in [0.25, 0.3) is 0 Å². The Bertz CT molecular complexity index is 392. The molecule has 0 aliphatic heterocycles. The lowest BCUT2D eigenvalue weighted by atomic mass is 10.1. The predicted octanol–water partition coefficient (Wildman–Crippen LogP) is 2.79. The number of aryl methyl sites for hydroxylation is 1. The maximum absolute atomic E-state index is 13.5. The smallest absolute Gasteiger partial charge is 0.254 e. The summed E-state index contributed by atoms with van der Waals surface area (Å²) >= 11 is 3.19. The molecule has 1 aliphatic carbocycles. The molecule has 4 heteroatoms. The summed E-state index contributed by atoms with van der Waals surface area (Å²) in [6, 6.07) is 3.31. The first kappa shape index (κ1) is 10.6. The van der Waals surface area contributed by atoms with Crippen molar-refractivity contribution in [2.24, 2.45) is 0 Å². The van der Waals surface area contributed by atoms with Crippen molar-refractivity contribution in [3.63, 3.8) is 0 Å². The molecular weight excluding hydrogens is 261 g/mol. The zero-order chi connectivity index (χ0) is 11.0. The fraction of sp³-hybridized carbons (Fsp3) is 0.364. The summed E-state index contributed by atoms with van der Waals surface area (Å²) in [5.41, 5.74) is 0.810. The number of hydrogen-bond acceptors (Lipinski definition) is 1. The van der Waals surface area contributed by atoms with Gasteiger partial charge in [0, 0.05) is 10.5 Å². The van der Waals surface area contributed by atoms with Gasteiger partial charge in [0.15, 0.2) is 0 Å². The summed E-state index contributed by atoms with van der Waals surface area (Å²) in [7, 11) is 0. The second-order valence-corrected chi connectivity index (χ2v) is 4.74. The molecule has 15 heavy (non-hydrogen) atoms. The SMILES string of the molecule is Cc1cc(Br)cc(F)c1C(=O)NC1CC1. The predicted molar refractivity (Wildman–Crippen MR) is 59.3 cm³/mol. The van der Waals surface area contributed by atoms with Crippen LogP contribution in [0.3, 0.4) is 0 Å². The monoisotopic (exact) mass is 271 g/mol. The molecule has 0 saturated heterocycles. The van der Waals surface area contributed by atoms with Crippen LogP contribution in [0, 0.1) is 12.7 Å². The summed E-state index contributed by atoms with van der Waals surface area (Å²) < 4.78 is 14.2. The first-order valence-electron chi connectivity index (χ1n) is 4.84. The first-order valence-corrected chi connectivity index (χ1v) is 5.63. The molecule has 2 nitrogen and oxygen atoms in total. The summed E-state index contributed by atoms with van der Waals surface area (Å²) in [6.07, 6.45) is 2.01. The zero-order valence-electron chi connectivity index (χ0n) is 8.31. The van der Waals surface area contributed by atoms with E-state index >= 15 is 0 Å². The fourth-order valence-corrected chi connectivity index (χ4v) is 2.02. The quantitative estimate of drug-likeness (QED) is 0.881. The second-order valence-electron chi connectivity index (χ2n) is 3.83. The molecule has 0 bridgehead atoms. The minimum Gasteiger partial charge on any atom is -0.349 e. The van der Waals surface area contributed by atoms with Gasteiger partial charge in [0.05, 0.1) is 5.56 Å². The number of benzene rings is 1. The molecule has 1 aliphatic rings. The summed E-state index contributed by atoms with van der Waals surface area (Å²) in [4.78, 5) is 11.7. The van der Waals surface area contributed by atoms with E-state index in [1.807, 2.05) is 0 Å². The molecule has 1 fully saturated rings. The van der Waals surface area contributed by atoms with E-state index in [9.17, 15) is 9.18 Å². The third kappa shape index (κ3) is 2.37. The Kier molecular flexibility index (Phi) is 2.78. The Morgan fingerprint density at radius 1 is 1.53 bits per heavy atom. The molecule has 2 rings (SSSR count). The lowest BCUT2D eigenvalue weighted by molar-refractivity contribution is 0.0946. The Hall–Kier alpha value is -0.900. The molecule has 1 amide bonds. The second kappa shape index (κ2) is 3.93. The third-order valence-electron chi connectivity index (χ3n) is 2.39. The highest BCUT2D eigenvalue weighted by molar-refractivity contribution is 9.10. The van der Waals surface area contributed by atoms with E-state index in [2.05, 4.69) is 21.2 Å². The summed E-state index contributed by atoms with van der Waals surface area (Å²) in [5.74, 6) is -0.778. The van der Waals surface area contributed by atoms with Gasteiger partial charge >= 0.3 is 0 Å². The van der Waals surface area contributed by atoms with Gasteiger partial charge < -0.3 is 5.32 Å². The van der Waals surface area contributed by atoms with Crippen molar-refractivity contribution in [2.75, 3.05) is 0 Å². The molecule has 1 aromatic carbocycles. The van der Waals surface area contributed by atoms with E-state index in [0.29, 0.717) is 10.0 Å². The average Bonchev–Trinajstić information content (AvgIpc) is 2.85. The molecule has 0 spiro atoms. The maximum atomic E-state index is 13.5. The lowest BCUT2D eigenvalue weighted by Crippen LogP contribution is -2.27. The van der Waals surface area contributed by atoms with Crippen molar-refractivity contribution in [3.05, 3.63) is 33.5 Å². The number of nitrogens with one attached hydrogen (secondary N) is 1. The molecule has 0 heterocycles. The van der Waals surface area contributed by atoms with Crippen molar-refractivity contribution >= 4 is 21.8 Å². The Labute approximate surface area is 96.0 Å². The van der Waals surface area contributed by atoms with Gasteiger partial charge in [-0.15, -0.1) is 0 Å². The van der Waals surface area contributed by atoms with Gasteiger partial charge in [0.25, 0.3) is 5.91 Å². The van der Waals surface area contributed by atoms with Crippen LogP contribution in [-0.2, 0) is 0 Å². The molecular formula is C11H11BrFNO. The van der Waals surface area contributed by atoms with Gasteiger partial charge in [-0.3, -0.25) is 4.79 Å². The van der Waals surface area contributed by atoms with Crippen molar-refractivity contribution in [3.8, 4) is 0 Å². The van der Waals surface area contributed by atoms with Crippen LogP contribution in [-0.4, -0.2) is 11.9 Å². The van der Waals surface area contributed by atoms with Gasteiger partial charge in [-0.05, 0) is 37.5 Å². The first-order chi connectivity index (χ1) is 7.08. The van der Waals surface area contributed by atoms with E-state index in [1.54, 1.807) is 13.0 Å². The average molecular weight is 272 g/mol. The van der Waals surface area contributed by atoms with Crippen LogP contribution >= 0.6 is 15.9 Å². The number of hydrogen-bond donors (Lipinski definition) is 1. The number of amides is 1. The van der Waals surface area contributed by atoms with Crippen LogP contribution in [0.4, 0.5) is 4.39 Å². The van der Waals surface area contributed by atoms with Crippen LogP contribution < -0.4 is 5.32 Å². The molecule has 1 aromatic rings. The van der Waals surface area contributed by atoms with Crippen molar-refractivity contribution < 1.29 is 9.18 Å². The summed E-state index contributed by atoms with van der Waals surface area (Å²) in [6.45, 7) is 1.73. The number of rotatable bonds is 2. The highest BCUT2D eigenvalue weighted by atomic mass is 79.9. The van der Waals surface area contributed by atoms with Gasteiger partial charge in [-0.1, -0.05) is 15.9 Å². The van der Waals surface area contributed by atoms with E-state index in [4.69, 9.17) is 0 Å². The van der Waals surface area contributed by atoms with Gasteiger partial charge in [0.2, 0.25) is 0 Å². The highest BCUT2D eigenvalue weighted by Gasteiger charge is 2.25. The molecule has 1 saturated carbocycles. The van der Waals surface area contributed by atoms with E-state index in [1.165, 1.54) is 6.07 Å². The van der Waals surface area contributed by atoms with E-state index in [-0.39, 0.29) is 17.5 Å². The maximum Gasteiger partial charge on any atom is 0.254 e. The fourth-order valence-electron chi connectivity index (χ4n) is 1.48. The Morgan fingerprint density at radius 2 is 2.20 bits per heavy atom. The standard InChI is InChI=1S/C11H11BrFNO/c1-6-4-7(12)5-9(13)10(6)11(15)14-8-2-3-8/h4-5,8H,2-3H2,1H3,(H,14,15). The van der Waals surface area contributed by atoms with Gasteiger partial charge in [-0.2, -0.15) is 0 Å². The highest BCUT2D eigenvalue weighted by Crippen LogP contribution is 2.23. The van der Waals surface area contributed by atoms with Crippen molar-refractivity contribution in [2.45, 2.75) is 25.8 Å². The van der Waals surface area contributed by atoms with E-state index in [0.717, 1.165) is 12.8 Å².